The third-order valence-corrected chi connectivity index (χ3v) is 10.9. The minimum Gasteiger partial charge on any atom is -0.391 e. The first kappa shape index (κ1) is 52.0. The lowest BCUT2D eigenvalue weighted by Crippen LogP contribution is -2.46. The van der Waals surface area contributed by atoms with Gasteiger partial charge in [0.05, 0.1) is 39.9 Å². The fourth-order valence-corrected chi connectivity index (χ4v) is 7.06. The van der Waals surface area contributed by atoms with Gasteiger partial charge >= 0.3 is 7.82 Å². The Morgan fingerprint density at radius 3 is 1.47 bits per heavy atom. The first-order chi connectivity index (χ1) is 25.5. The van der Waals surface area contributed by atoms with E-state index >= 15 is 0 Å². The van der Waals surface area contributed by atoms with E-state index in [0.717, 1.165) is 44.9 Å². The molecule has 0 fully saturated rings. The molecule has 3 N–H and O–H groups in total. The van der Waals surface area contributed by atoms with Crippen molar-refractivity contribution in [3.8, 4) is 0 Å². The molecule has 0 aromatic carbocycles. The van der Waals surface area contributed by atoms with Gasteiger partial charge in [-0.05, 0) is 64.2 Å². The number of allylic oxidation sites excluding steroid dienone is 4. The van der Waals surface area contributed by atoms with Crippen LogP contribution in [0.3, 0.4) is 0 Å². The number of carbonyl (C=O) groups is 1. The number of hydrogen-bond acceptors (Lipinski definition) is 5. The average Bonchev–Trinajstić information content (AvgIpc) is 3.10. The molecule has 0 aliphatic heterocycles. The van der Waals surface area contributed by atoms with Gasteiger partial charge in [-0.15, -0.1) is 0 Å². The van der Waals surface area contributed by atoms with Crippen LogP contribution in [0.15, 0.2) is 24.3 Å². The maximum Gasteiger partial charge on any atom is 0.472 e. The minimum absolute atomic E-state index is 0.0699. The number of quaternary nitrogens is 1. The normalized spacial score (nSPS) is 14.6. The molecule has 0 aliphatic rings. The lowest BCUT2D eigenvalue weighted by atomic mass is 10.0. The van der Waals surface area contributed by atoms with Crippen LogP contribution < -0.4 is 5.32 Å². The van der Waals surface area contributed by atoms with Crippen LogP contribution in [0.5, 0.6) is 0 Å². The van der Waals surface area contributed by atoms with E-state index in [9.17, 15) is 19.4 Å². The molecule has 9 heteroatoms. The molecule has 0 bridgehead atoms. The zero-order valence-electron chi connectivity index (χ0n) is 35.5. The number of amides is 1. The molecule has 0 spiro atoms. The largest absolute Gasteiger partial charge is 0.472 e. The molecule has 0 saturated heterocycles. The van der Waals surface area contributed by atoms with Crippen LogP contribution in [-0.2, 0) is 18.4 Å². The summed E-state index contributed by atoms with van der Waals surface area (Å²) in [6.45, 7) is 4.83. The smallest absolute Gasteiger partial charge is 0.391 e. The summed E-state index contributed by atoms with van der Waals surface area (Å²) in [6, 6.07) is -0.773. The highest BCUT2D eigenvalue weighted by atomic mass is 31.2. The molecule has 8 nitrogen and oxygen atoms in total. The highest BCUT2D eigenvalue weighted by Crippen LogP contribution is 2.43. The predicted molar refractivity (Wildman–Crippen MR) is 226 cm³/mol. The topological polar surface area (TPSA) is 105 Å². The molecule has 53 heavy (non-hydrogen) atoms. The van der Waals surface area contributed by atoms with E-state index in [4.69, 9.17) is 9.05 Å². The Morgan fingerprint density at radius 2 is 1.02 bits per heavy atom. The monoisotopic (exact) mass is 772 g/mol. The van der Waals surface area contributed by atoms with Crippen molar-refractivity contribution in [2.75, 3.05) is 40.9 Å². The van der Waals surface area contributed by atoms with Gasteiger partial charge in [-0.1, -0.05) is 154 Å². The van der Waals surface area contributed by atoms with Crippen LogP contribution in [-0.4, -0.2) is 73.4 Å². The van der Waals surface area contributed by atoms with E-state index in [1.807, 2.05) is 21.1 Å². The number of rotatable bonds is 40. The van der Waals surface area contributed by atoms with Gasteiger partial charge in [0.1, 0.15) is 13.2 Å². The summed E-state index contributed by atoms with van der Waals surface area (Å²) in [4.78, 5) is 23.1. The van der Waals surface area contributed by atoms with Crippen molar-refractivity contribution >= 4 is 13.7 Å². The average molecular weight is 772 g/mol. The molecule has 1 amide bonds. The third-order valence-electron chi connectivity index (χ3n) is 9.92. The van der Waals surface area contributed by atoms with Crippen molar-refractivity contribution in [3.05, 3.63) is 24.3 Å². The lowest BCUT2D eigenvalue weighted by Gasteiger charge is -2.26. The fraction of sp³-hybridized carbons (Fsp3) is 0.886. The first-order valence-electron chi connectivity index (χ1n) is 22.2. The van der Waals surface area contributed by atoms with Crippen LogP contribution >= 0.6 is 7.82 Å². The van der Waals surface area contributed by atoms with Gasteiger partial charge in [-0.3, -0.25) is 13.8 Å². The number of phosphoric acid groups is 1. The fourth-order valence-electron chi connectivity index (χ4n) is 6.33. The Hall–Kier alpha value is -1.02. The van der Waals surface area contributed by atoms with Crippen LogP contribution in [0.25, 0.3) is 0 Å². The molecule has 1 unspecified atom stereocenters. The van der Waals surface area contributed by atoms with E-state index < -0.39 is 20.0 Å². The quantitative estimate of drug-likeness (QED) is 0.0248. The Morgan fingerprint density at radius 1 is 0.623 bits per heavy atom. The molecule has 0 aromatic rings. The van der Waals surface area contributed by atoms with Crippen LogP contribution in [0.1, 0.15) is 200 Å². The summed E-state index contributed by atoms with van der Waals surface area (Å²) in [7, 11) is 1.60. The molecule has 0 heterocycles. The highest BCUT2D eigenvalue weighted by Gasteiger charge is 2.28. The Bertz CT molecular complexity index is 922. The van der Waals surface area contributed by atoms with Gasteiger partial charge in [0, 0.05) is 6.42 Å². The number of hydrogen-bond donors (Lipinski definition) is 3. The summed E-state index contributed by atoms with van der Waals surface area (Å²) in [6.07, 6.45) is 42.1. The minimum atomic E-state index is -4.31. The standard InChI is InChI=1S/C44H87N2O6P/c1-6-8-10-12-14-16-18-19-20-21-22-23-24-25-26-27-28-30-32-34-36-38-44(48)45-42(41-52-53(49,50)51-40-39-46(3,4)5)43(47)37-35-33-31-29-17-15-13-11-9-7-2/h17,19-20,29,42-43,47H,6-16,18,21-28,30-41H2,1-5H3,(H-,45,48,49,50)/p+1/b20-19+,29-17+/t42-,43+/m0/s1. The molecule has 0 aliphatic carbocycles. The van der Waals surface area contributed by atoms with Crippen LogP contribution in [0, 0.1) is 0 Å². The summed E-state index contributed by atoms with van der Waals surface area (Å²) in [5.41, 5.74) is 0. The molecule has 314 valence electrons. The van der Waals surface area contributed by atoms with E-state index in [-0.39, 0.29) is 19.1 Å². The number of unbranched alkanes of at least 4 members (excludes halogenated alkanes) is 23. The van der Waals surface area contributed by atoms with Crippen molar-refractivity contribution in [1.29, 1.82) is 0 Å². The first-order valence-corrected chi connectivity index (χ1v) is 23.7. The zero-order chi connectivity index (χ0) is 39.3. The number of aliphatic hydroxyl groups excluding tert-OH is 1. The highest BCUT2D eigenvalue weighted by molar-refractivity contribution is 7.47. The maximum absolute atomic E-state index is 12.9. The van der Waals surface area contributed by atoms with E-state index in [2.05, 4.69) is 43.5 Å². The number of nitrogens with zero attached hydrogens (tertiary/aromatic N) is 1. The second kappa shape index (κ2) is 36.6. The number of aliphatic hydroxyl groups is 1. The van der Waals surface area contributed by atoms with Crippen LogP contribution in [0.4, 0.5) is 0 Å². The van der Waals surface area contributed by atoms with Crippen molar-refractivity contribution in [1.82, 2.24) is 5.32 Å². The third kappa shape index (κ3) is 39.0. The van der Waals surface area contributed by atoms with E-state index in [1.165, 1.54) is 128 Å². The van der Waals surface area contributed by atoms with E-state index in [1.54, 1.807) is 0 Å². The number of carbonyl (C=O) groups excluding carboxylic acids is 1. The predicted octanol–water partition coefficient (Wildman–Crippen LogP) is 12.1. The van der Waals surface area contributed by atoms with Gasteiger partial charge in [-0.2, -0.15) is 0 Å². The van der Waals surface area contributed by atoms with Gasteiger partial charge in [0.25, 0.3) is 0 Å². The van der Waals surface area contributed by atoms with Gasteiger partial charge in [0.15, 0.2) is 0 Å². The second-order valence-electron chi connectivity index (χ2n) is 16.4. The van der Waals surface area contributed by atoms with Gasteiger partial charge in [0.2, 0.25) is 5.91 Å². The Labute approximate surface area is 328 Å². The summed E-state index contributed by atoms with van der Waals surface area (Å²) in [5.74, 6) is -0.157. The summed E-state index contributed by atoms with van der Waals surface area (Å²) in [5, 5.41) is 13.9. The molecule has 0 radical (unpaired) electrons. The van der Waals surface area contributed by atoms with Crippen molar-refractivity contribution in [2.45, 2.75) is 212 Å². The number of likely N-dealkylation sites (N-methyl/N-ethyl adjacent to an activating group) is 1. The molecule has 0 rings (SSSR count). The van der Waals surface area contributed by atoms with Crippen LogP contribution in [0.2, 0.25) is 0 Å². The molecule has 0 saturated carbocycles. The maximum atomic E-state index is 12.9. The van der Waals surface area contributed by atoms with Crippen molar-refractivity contribution < 1.29 is 32.9 Å². The molecular formula is C44H88N2O6P+. The van der Waals surface area contributed by atoms with Crippen molar-refractivity contribution in [2.24, 2.45) is 0 Å². The number of phosphoric ester groups is 1. The lowest BCUT2D eigenvalue weighted by molar-refractivity contribution is -0.870. The van der Waals surface area contributed by atoms with E-state index in [0.29, 0.717) is 23.9 Å². The summed E-state index contributed by atoms with van der Waals surface area (Å²) < 4.78 is 23.5. The molecular weight excluding hydrogens is 683 g/mol. The summed E-state index contributed by atoms with van der Waals surface area (Å²) >= 11 is 0. The van der Waals surface area contributed by atoms with Gasteiger partial charge < -0.3 is 19.8 Å². The number of nitrogens with one attached hydrogen (secondary N) is 1. The molecule has 0 aromatic heterocycles. The SMILES string of the molecule is CCCCCC/C=C/CCCC[C@@H](O)[C@H](COP(=O)(O)OCC[N+](C)(C)C)NC(=O)CCCCCCCCCCCCC/C=C/CCCCCCCC. The zero-order valence-corrected chi connectivity index (χ0v) is 36.4. The Kier molecular flexibility index (Phi) is 35.9. The second-order valence-corrected chi connectivity index (χ2v) is 17.9. The van der Waals surface area contributed by atoms with Crippen molar-refractivity contribution in [3.63, 3.8) is 0 Å². The van der Waals surface area contributed by atoms with Gasteiger partial charge in [-0.25, -0.2) is 4.57 Å². The Balaban J connectivity index is 4.25. The molecule has 3 atom stereocenters.